The molecular formula is C33H44N4O2. The van der Waals surface area contributed by atoms with Crippen LogP contribution in [0.2, 0.25) is 0 Å². The van der Waals surface area contributed by atoms with Crippen LogP contribution in [0.15, 0.2) is 72.9 Å². The molecule has 0 spiro atoms. The first-order chi connectivity index (χ1) is 18.8. The highest BCUT2D eigenvalue weighted by Gasteiger charge is 2.32. The normalized spacial score (nSPS) is 14.4. The Kier molecular flexibility index (Phi) is 9.20. The molecule has 0 radical (unpaired) electrons. The van der Waals surface area contributed by atoms with Crippen LogP contribution < -0.4 is 16.0 Å². The molecule has 2 heterocycles. The summed E-state index contributed by atoms with van der Waals surface area (Å²) in [6, 6.07) is 21.2. The maximum atomic E-state index is 9.79. The van der Waals surface area contributed by atoms with Crippen LogP contribution in [-0.2, 0) is 13.0 Å². The van der Waals surface area contributed by atoms with E-state index >= 15 is 0 Å². The van der Waals surface area contributed by atoms with Crippen molar-refractivity contribution in [3.8, 4) is 0 Å². The molecule has 3 aromatic carbocycles. The molecule has 39 heavy (non-hydrogen) atoms. The number of unbranched alkanes of at least 4 members (excludes halogenated alkanes) is 1. The molecule has 2 aliphatic heterocycles. The molecule has 0 saturated heterocycles. The van der Waals surface area contributed by atoms with Crippen LogP contribution >= 0.6 is 0 Å². The van der Waals surface area contributed by atoms with E-state index in [0.717, 1.165) is 41.4 Å². The summed E-state index contributed by atoms with van der Waals surface area (Å²) in [6.07, 6.45) is 3.54. The highest BCUT2D eigenvalue weighted by atomic mass is 16.3. The summed E-state index contributed by atoms with van der Waals surface area (Å²) in [5.74, 6) is 0. The second kappa shape index (κ2) is 12.6. The van der Waals surface area contributed by atoms with Crippen molar-refractivity contribution in [2.45, 2.75) is 59.7 Å². The molecule has 0 saturated carbocycles. The molecule has 2 aliphatic rings. The van der Waals surface area contributed by atoms with Crippen molar-refractivity contribution in [2.75, 3.05) is 35.7 Å². The Morgan fingerprint density at radius 1 is 1.00 bits per heavy atom. The van der Waals surface area contributed by atoms with Gasteiger partial charge in [0.15, 0.2) is 0 Å². The minimum absolute atomic E-state index is 0.0331. The predicted octanol–water partition coefficient (Wildman–Crippen LogP) is 6.94. The van der Waals surface area contributed by atoms with Gasteiger partial charge in [0.1, 0.15) is 6.17 Å². The van der Waals surface area contributed by atoms with E-state index < -0.39 is 5.41 Å². The Bertz CT molecular complexity index is 1260. The molecule has 0 aromatic heterocycles. The van der Waals surface area contributed by atoms with Gasteiger partial charge in [0.2, 0.25) is 0 Å². The van der Waals surface area contributed by atoms with Crippen LogP contribution in [0.25, 0.3) is 0 Å². The van der Waals surface area contributed by atoms with Gasteiger partial charge in [-0.25, -0.2) is 0 Å². The largest absolute Gasteiger partial charge is 0.395 e. The molecule has 208 valence electrons. The topological polar surface area (TPSA) is 79.8 Å². The number of fused-ring (bicyclic) bond motifs is 2. The maximum Gasteiger partial charge on any atom is 0.123 e. The Morgan fingerprint density at radius 2 is 1.67 bits per heavy atom. The molecule has 5 rings (SSSR count). The van der Waals surface area contributed by atoms with Crippen molar-refractivity contribution >= 4 is 22.7 Å². The predicted molar refractivity (Wildman–Crippen MR) is 163 cm³/mol. The maximum absolute atomic E-state index is 9.79. The van der Waals surface area contributed by atoms with Crippen LogP contribution in [0, 0.1) is 12.3 Å². The Balaban J connectivity index is 0.000000826. The lowest BCUT2D eigenvalue weighted by Gasteiger charge is -2.40. The molecule has 3 aromatic rings. The second-order valence-corrected chi connectivity index (χ2v) is 10.9. The monoisotopic (exact) mass is 528 g/mol. The summed E-state index contributed by atoms with van der Waals surface area (Å²) in [7, 11) is 0. The van der Waals surface area contributed by atoms with Crippen LogP contribution in [0.1, 0.15) is 62.0 Å². The molecular weight excluding hydrogens is 484 g/mol. The van der Waals surface area contributed by atoms with Crippen molar-refractivity contribution in [2.24, 2.45) is 5.41 Å². The summed E-state index contributed by atoms with van der Waals surface area (Å²) in [5.41, 5.74) is 9.47. The average Bonchev–Trinajstić information content (AvgIpc) is 3.41. The number of nitrogens with one attached hydrogen (secondary N) is 3. The number of benzene rings is 3. The third-order valence-corrected chi connectivity index (χ3v) is 7.94. The van der Waals surface area contributed by atoms with E-state index in [-0.39, 0.29) is 19.4 Å². The molecule has 0 unspecified atom stereocenters. The van der Waals surface area contributed by atoms with E-state index in [9.17, 15) is 10.2 Å². The summed E-state index contributed by atoms with van der Waals surface area (Å²) in [6.45, 7) is 13.8. The Morgan fingerprint density at radius 3 is 2.28 bits per heavy atom. The average molecular weight is 529 g/mol. The fraction of sp³-hybridized carbons (Fsp3) is 0.394. The van der Waals surface area contributed by atoms with Gasteiger partial charge in [0, 0.05) is 30.2 Å². The van der Waals surface area contributed by atoms with Gasteiger partial charge >= 0.3 is 0 Å². The van der Waals surface area contributed by atoms with Crippen molar-refractivity contribution in [3.63, 3.8) is 0 Å². The molecule has 6 nitrogen and oxygen atoms in total. The van der Waals surface area contributed by atoms with E-state index in [4.69, 9.17) is 0 Å². The van der Waals surface area contributed by atoms with E-state index in [1.165, 1.54) is 35.1 Å². The smallest absolute Gasteiger partial charge is 0.123 e. The van der Waals surface area contributed by atoms with Gasteiger partial charge in [0.05, 0.1) is 30.0 Å². The number of aliphatic hydroxyl groups is 2. The SMILES string of the molecule is C=C(N1CCc2c(cccc2Nc2ccc(C)c(C3Nc4ccccc4N3)c2)C1)C(C)(CO)CO.CCCC. The van der Waals surface area contributed by atoms with E-state index in [2.05, 4.69) is 96.7 Å². The van der Waals surface area contributed by atoms with Crippen molar-refractivity contribution < 1.29 is 10.2 Å². The number of para-hydroxylation sites is 2. The highest BCUT2D eigenvalue weighted by molar-refractivity contribution is 5.76. The number of anilines is 4. The quantitative estimate of drug-likeness (QED) is 0.218. The van der Waals surface area contributed by atoms with Crippen LogP contribution in [-0.4, -0.2) is 34.9 Å². The van der Waals surface area contributed by atoms with Gasteiger partial charge in [0.25, 0.3) is 0 Å². The Hall–Kier alpha value is -3.48. The van der Waals surface area contributed by atoms with E-state index in [0.29, 0.717) is 6.54 Å². The number of rotatable bonds is 8. The molecule has 0 bridgehead atoms. The Labute approximate surface area is 233 Å². The summed E-state index contributed by atoms with van der Waals surface area (Å²) in [5, 5.41) is 30.4. The molecule has 0 amide bonds. The molecule has 5 N–H and O–H groups in total. The van der Waals surface area contributed by atoms with Gasteiger partial charge in [-0.05, 0) is 72.9 Å². The van der Waals surface area contributed by atoms with Crippen molar-refractivity contribution in [1.82, 2.24) is 4.90 Å². The third kappa shape index (κ3) is 6.23. The third-order valence-electron chi connectivity index (χ3n) is 7.94. The van der Waals surface area contributed by atoms with E-state index in [1.807, 2.05) is 19.1 Å². The lowest BCUT2D eigenvalue weighted by molar-refractivity contribution is 0.0701. The number of aliphatic hydroxyl groups excluding tert-OH is 2. The summed E-state index contributed by atoms with van der Waals surface area (Å²) < 4.78 is 0. The zero-order chi connectivity index (χ0) is 28.0. The summed E-state index contributed by atoms with van der Waals surface area (Å²) in [4.78, 5) is 2.18. The molecule has 0 aliphatic carbocycles. The van der Waals surface area contributed by atoms with Crippen molar-refractivity contribution in [1.29, 1.82) is 0 Å². The van der Waals surface area contributed by atoms with Crippen LogP contribution in [0.5, 0.6) is 0 Å². The number of hydrogen-bond acceptors (Lipinski definition) is 6. The standard InChI is InChI=1S/C29H34N4O2.C4H10/c1-19-11-12-22(15-24(19)28-31-26-8-4-5-9-27(26)32-28)30-25-10-6-7-21-16-33(14-13-23(21)25)20(2)29(3,17-34)18-35;1-3-4-2/h4-12,15,28,30-32,34-35H,2,13-14,16-18H2,1,3H3;3-4H2,1-2H3. The summed E-state index contributed by atoms with van der Waals surface area (Å²) >= 11 is 0. The van der Waals surface area contributed by atoms with Gasteiger partial charge in [-0.2, -0.15) is 0 Å². The number of hydrogen-bond donors (Lipinski definition) is 5. The second-order valence-electron chi connectivity index (χ2n) is 10.9. The minimum atomic E-state index is -0.715. The lowest BCUT2D eigenvalue weighted by atomic mass is 9.86. The van der Waals surface area contributed by atoms with Gasteiger partial charge in [-0.3, -0.25) is 0 Å². The highest BCUT2D eigenvalue weighted by Crippen LogP contribution is 2.38. The fourth-order valence-electron chi connectivity index (χ4n) is 4.99. The number of nitrogens with zero attached hydrogens (tertiary/aromatic N) is 1. The molecule has 0 fully saturated rings. The first kappa shape index (κ1) is 28.5. The fourth-order valence-corrected chi connectivity index (χ4v) is 4.99. The number of aryl methyl sites for hydroxylation is 1. The molecule has 6 heteroatoms. The van der Waals surface area contributed by atoms with E-state index in [1.54, 1.807) is 0 Å². The van der Waals surface area contributed by atoms with Gasteiger partial charge in [-0.1, -0.05) is 63.6 Å². The van der Waals surface area contributed by atoms with Crippen LogP contribution in [0.4, 0.5) is 22.7 Å². The first-order valence-corrected chi connectivity index (χ1v) is 14.1. The lowest BCUT2D eigenvalue weighted by Crippen LogP contribution is -2.40. The molecule has 0 atom stereocenters. The van der Waals surface area contributed by atoms with Crippen LogP contribution in [0.3, 0.4) is 0 Å². The zero-order valence-electron chi connectivity index (χ0n) is 23.8. The van der Waals surface area contributed by atoms with Crippen molar-refractivity contribution in [3.05, 3.63) is 95.2 Å². The minimum Gasteiger partial charge on any atom is -0.395 e. The van der Waals surface area contributed by atoms with Gasteiger partial charge in [-0.15, -0.1) is 0 Å². The first-order valence-electron chi connectivity index (χ1n) is 14.1. The van der Waals surface area contributed by atoms with Gasteiger partial charge < -0.3 is 31.1 Å². The zero-order valence-corrected chi connectivity index (χ0v) is 23.8.